The average molecular weight is 400 g/mol. The van der Waals surface area contributed by atoms with Gasteiger partial charge in [0.15, 0.2) is 0 Å². The van der Waals surface area contributed by atoms with Crippen molar-refractivity contribution in [3.63, 3.8) is 0 Å². The van der Waals surface area contributed by atoms with Crippen LogP contribution in [-0.2, 0) is 16.1 Å². The average Bonchev–Trinajstić information content (AvgIpc) is 2.71. The third-order valence-electron chi connectivity index (χ3n) is 5.22. The van der Waals surface area contributed by atoms with Gasteiger partial charge in [-0.25, -0.2) is 4.39 Å². The Morgan fingerprint density at radius 3 is 2.45 bits per heavy atom. The molecule has 156 valence electrons. The number of nitrogens with one attached hydrogen (secondary N) is 1. The number of amides is 1. The molecule has 1 saturated heterocycles. The summed E-state index contributed by atoms with van der Waals surface area (Å²) in [4.78, 5) is 17.0. The van der Waals surface area contributed by atoms with Crippen LogP contribution >= 0.6 is 0 Å². The second-order valence-electron chi connectivity index (χ2n) is 7.66. The van der Waals surface area contributed by atoms with Crippen LogP contribution in [0.3, 0.4) is 0 Å². The van der Waals surface area contributed by atoms with Crippen molar-refractivity contribution in [2.75, 3.05) is 39.9 Å². The molecule has 0 unspecified atom stereocenters. The smallest absolute Gasteiger partial charge is 0.234 e. The molecule has 2 aromatic carbocycles. The van der Waals surface area contributed by atoms with Crippen LogP contribution in [0.15, 0.2) is 54.6 Å². The molecular formula is C23H30FN3O2. The zero-order valence-corrected chi connectivity index (χ0v) is 17.2. The third-order valence-corrected chi connectivity index (χ3v) is 5.22. The van der Waals surface area contributed by atoms with Gasteiger partial charge in [-0.1, -0.05) is 42.5 Å². The number of rotatable bonds is 8. The van der Waals surface area contributed by atoms with Gasteiger partial charge < -0.3 is 10.1 Å². The van der Waals surface area contributed by atoms with E-state index < -0.39 is 0 Å². The summed E-state index contributed by atoms with van der Waals surface area (Å²) in [5.74, 6) is -0.269. The van der Waals surface area contributed by atoms with Gasteiger partial charge in [0.25, 0.3) is 0 Å². The molecule has 1 fully saturated rings. The maximum atomic E-state index is 13.1. The SMILES string of the molecule is C[C@@H](NC(=O)CN(C)Cc1ccc(F)cc1)[C@H](c1ccccc1)N1CCOCC1. The summed E-state index contributed by atoms with van der Waals surface area (Å²) in [6, 6.07) is 16.7. The van der Waals surface area contributed by atoms with Gasteiger partial charge in [0.2, 0.25) is 5.91 Å². The van der Waals surface area contributed by atoms with Crippen LogP contribution in [0.2, 0.25) is 0 Å². The van der Waals surface area contributed by atoms with Crippen molar-refractivity contribution in [1.29, 1.82) is 0 Å². The van der Waals surface area contributed by atoms with E-state index in [4.69, 9.17) is 4.74 Å². The first-order valence-electron chi connectivity index (χ1n) is 10.1. The van der Waals surface area contributed by atoms with Crippen LogP contribution in [0.4, 0.5) is 4.39 Å². The Labute approximate surface area is 172 Å². The van der Waals surface area contributed by atoms with E-state index in [-0.39, 0.29) is 30.4 Å². The van der Waals surface area contributed by atoms with E-state index in [1.165, 1.54) is 17.7 Å². The molecule has 0 aliphatic carbocycles. The highest BCUT2D eigenvalue weighted by molar-refractivity contribution is 5.78. The van der Waals surface area contributed by atoms with Crippen LogP contribution in [0.25, 0.3) is 0 Å². The number of carbonyl (C=O) groups excluding carboxylic acids is 1. The van der Waals surface area contributed by atoms with E-state index in [1.807, 2.05) is 30.1 Å². The second-order valence-corrected chi connectivity index (χ2v) is 7.66. The first kappa shape index (κ1) is 21.4. The number of halogens is 1. The molecule has 1 heterocycles. The predicted molar refractivity (Wildman–Crippen MR) is 112 cm³/mol. The summed E-state index contributed by atoms with van der Waals surface area (Å²) in [7, 11) is 1.89. The van der Waals surface area contributed by atoms with E-state index in [0.717, 1.165) is 18.7 Å². The molecule has 2 atom stereocenters. The highest BCUT2D eigenvalue weighted by Crippen LogP contribution is 2.25. The largest absolute Gasteiger partial charge is 0.379 e. The predicted octanol–water partition coefficient (Wildman–Crippen LogP) is 2.84. The molecule has 0 saturated carbocycles. The fourth-order valence-electron chi connectivity index (χ4n) is 3.90. The van der Waals surface area contributed by atoms with Gasteiger partial charge >= 0.3 is 0 Å². The van der Waals surface area contributed by atoms with E-state index >= 15 is 0 Å². The molecule has 1 aliphatic heterocycles. The van der Waals surface area contributed by atoms with E-state index in [1.54, 1.807) is 12.1 Å². The van der Waals surface area contributed by atoms with Gasteiger partial charge in [-0.3, -0.25) is 14.6 Å². The number of ether oxygens (including phenoxy) is 1. The molecule has 0 aromatic heterocycles. The Bertz CT molecular complexity index is 763. The Balaban J connectivity index is 1.59. The number of benzene rings is 2. The lowest BCUT2D eigenvalue weighted by atomic mass is 9.98. The standard InChI is InChI=1S/C23H30FN3O2/c1-18(23(20-6-4-3-5-7-20)27-12-14-29-15-13-27)25-22(28)17-26(2)16-19-8-10-21(24)11-9-19/h3-11,18,23H,12-17H2,1-2H3,(H,25,28)/t18-,23-/m1/s1. The summed E-state index contributed by atoms with van der Waals surface area (Å²) < 4.78 is 18.6. The fraction of sp³-hybridized carbons (Fsp3) is 0.435. The summed E-state index contributed by atoms with van der Waals surface area (Å²) in [5.41, 5.74) is 2.17. The Hall–Kier alpha value is -2.28. The van der Waals surface area contributed by atoms with Gasteiger partial charge in [-0.15, -0.1) is 0 Å². The molecule has 0 spiro atoms. The normalized spacial score (nSPS) is 17.1. The van der Waals surface area contributed by atoms with Gasteiger partial charge in [-0.05, 0) is 37.2 Å². The van der Waals surface area contributed by atoms with Crippen molar-refractivity contribution < 1.29 is 13.9 Å². The highest BCUT2D eigenvalue weighted by atomic mass is 19.1. The zero-order chi connectivity index (χ0) is 20.6. The minimum absolute atomic E-state index is 0.0173. The van der Waals surface area contributed by atoms with Crippen molar-refractivity contribution in [2.24, 2.45) is 0 Å². The van der Waals surface area contributed by atoms with Gasteiger partial charge in [0, 0.05) is 25.7 Å². The molecule has 1 N–H and O–H groups in total. The van der Waals surface area contributed by atoms with Gasteiger partial charge in [0.1, 0.15) is 5.82 Å². The molecule has 6 heteroatoms. The number of nitrogens with zero attached hydrogens (tertiary/aromatic N) is 2. The molecular weight excluding hydrogens is 369 g/mol. The first-order chi connectivity index (χ1) is 14.0. The number of carbonyl (C=O) groups is 1. The highest BCUT2D eigenvalue weighted by Gasteiger charge is 2.28. The van der Waals surface area contributed by atoms with Crippen molar-refractivity contribution in [2.45, 2.75) is 25.6 Å². The van der Waals surface area contributed by atoms with E-state index in [2.05, 4.69) is 29.3 Å². The maximum Gasteiger partial charge on any atom is 0.234 e. The molecule has 0 radical (unpaired) electrons. The Morgan fingerprint density at radius 2 is 1.79 bits per heavy atom. The van der Waals surface area contributed by atoms with Crippen molar-refractivity contribution in [3.05, 3.63) is 71.5 Å². The third kappa shape index (κ3) is 6.35. The van der Waals surface area contributed by atoms with Gasteiger partial charge in [0.05, 0.1) is 25.8 Å². The Kier molecular flexibility index (Phi) is 7.75. The monoisotopic (exact) mass is 399 g/mol. The summed E-state index contributed by atoms with van der Waals surface area (Å²) in [6.45, 7) is 6.06. The molecule has 29 heavy (non-hydrogen) atoms. The minimum Gasteiger partial charge on any atom is -0.379 e. The van der Waals surface area contributed by atoms with E-state index in [0.29, 0.717) is 19.8 Å². The van der Waals surface area contributed by atoms with Crippen molar-refractivity contribution >= 4 is 5.91 Å². The molecule has 5 nitrogen and oxygen atoms in total. The van der Waals surface area contributed by atoms with Crippen molar-refractivity contribution in [1.82, 2.24) is 15.1 Å². The second kappa shape index (κ2) is 10.5. The van der Waals surface area contributed by atoms with E-state index in [9.17, 15) is 9.18 Å². The van der Waals surface area contributed by atoms with Crippen molar-refractivity contribution in [3.8, 4) is 0 Å². The molecule has 1 amide bonds. The molecule has 1 aliphatic rings. The lowest BCUT2D eigenvalue weighted by molar-refractivity contribution is -0.123. The number of hydrogen-bond donors (Lipinski definition) is 1. The summed E-state index contributed by atoms with van der Waals surface area (Å²) >= 11 is 0. The van der Waals surface area contributed by atoms with Crippen LogP contribution in [0.1, 0.15) is 24.1 Å². The van der Waals surface area contributed by atoms with Crippen LogP contribution in [-0.4, -0.2) is 61.6 Å². The lowest BCUT2D eigenvalue weighted by Gasteiger charge is -2.38. The number of morpholine rings is 1. The van der Waals surface area contributed by atoms with Crippen LogP contribution in [0, 0.1) is 5.82 Å². The maximum absolute atomic E-state index is 13.1. The first-order valence-corrected chi connectivity index (χ1v) is 10.1. The quantitative estimate of drug-likeness (QED) is 0.742. The number of likely N-dealkylation sites (N-methyl/N-ethyl adjacent to an activating group) is 1. The van der Waals surface area contributed by atoms with Crippen LogP contribution < -0.4 is 5.32 Å². The van der Waals surface area contributed by atoms with Crippen LogP contribution in [0.5, 0.6) is 0 Å². The topological polar surface area (TPSA) is 44.8 Å². The minimum atomic E-state index is -0.252. The number of hydrogen-bond acceptors (Lipinski definition) is 4. The molecule has 2 aromatic rings. The molecule has 3 rings (SSSR count). The fourth-order valence-corrected chi connectivity index (χ4v) is 3.90. The lowest BCUT2D eigenvalue weighted by Crippen LogP contribution is -2.49. The zero-order valence-electron chi connectivity index (χ0n) is 17.2. The van der Waals surface area contributed by atoms with Gasteiger partial charge in [-0.2, -0.15) is 0 Å². The summed E-state index contributed by atoms with van der Waals surface area (Å²) in [6.07, 6.45) is 0. The Morgan fingerprint density at radius 1 is 1.14 bits per heavy atom. The summed E-state index contributed by atoms with van der Waals surface area (Å²) in [5, 5.41) is 3.18. The molecule has 0 bridgehead atoms.